The number of anilines is 1. The van der Waals surface area contributed by atoms with Gasteiger partial charge in [0.2, 0.25) is 0 Å². The van der Waals surface area contributed by atoms with Gasteiger partial charge >= 0.3 is 0 Å². The van der Waals surface area contributed by atoms with E-state index < -0.39 is 4.92 Å². The van der Waals surface area contributed by atoms with Gasteiger partial charge in [-0.1, -0.05) is 22.9 Å². The maximum absolute atomic E-state index is 13.1. The fourth-order valence-electron chi connectivity index (χ4n) is 2.72. The molecule has 0 unspecified atom stereocenters. The lowest BCUT2D eigenvalue weighted by molar-refractivity contribution is -0.384. The molecule has 0 aliphatic rings. The molecule has 1 heterocycles. The van der Waals surface area contributed by atoms with Crippen molar-refractivity contribution in [2.75, 3.05) is 32.1 Å². The second-order valence-corrected chi connectivity index (χ2v) is 8.08. The number of likely N-dealkylation sites (N-methyl/N-ethyl adjacent to an activating group) is 1. The van der Waals surface area contributed by atoms with E-state index in [1.807, 2.05) is 38.1 Å². The predicted octanol–water partition coefficient (Wildman–Crippen LogP) is 4.80. The minimum Gasteiger partial charge on any atom is -0.308 e. The van der Waals surface area contributed by atoms with Crippen LogP contribution in [0.25, 0.3) is 10.2 Å². The van der Waals surface area contributed by atoms with Crippen molar-refractivity contribution in [3.05, 3.63) is 62.7 Å². The van der Waals surface area contributed by atoms with Crippen molar-refractivity contribution in [2.24, 2.45) is 0 Å². The zero-order valence-electron chi connectivity index (χ0n) is 16.1. The summed E-state index contributed by atoms with van der Waals surface area (Å²) in [6, 6.07) is 9.29. The third-order valence-corrected chi connectivity index (χ3v) is 5.45. The van der Waals surface area contributed by atoms with E-state index in [0.29, 0.717) is 28.8 Å². The standard InChI is InChI=1S/C19H19ClN4O3S.ClH/c1-12-10-14(20)11-16-17(12)21-19(28-16)23(9-8-22(2)3)18(25)13-4-6-15(7-5-13)24(26)27;/h4-7,10-11H,8-9H2,1-3H3;1H. The Morgan fingerprint density at radius 2 is 1.86 bits per heavy atom. The Balaban J connectivity index is 0.00000300. The predicted molar refractivity (Wildman–Crippen MR) is 120 cm³/mol. The van der Waals surface area contributed by atoms with Crippen LogP contribution in [0.1, 0.15) is 15.9 Å². The number of hydrogen-bond acceptors (Lipinski definition) is 6. The number of nitro groups is 1. The fraction of sp³-hybridized carbons (Fsp3) is 0.263. The zero-order valence-corrected chi connectivity index (χ0v) is 18.5. The van der Waals surface area contributed by atoms with Crippen molar-refractivity contribution >= 4 is 62.3 Å². The Morgan fingerprint density at radius 1 is 1.21 bits per heavy atom. The van der Waals surface area contributed by atoms with Gasteiger partial charge in [-0.2, -0.15) is 0 Å². The van der Waals surface area contributed by atoms with Crippen LogP contribution in [0.2, 0.25) is 5.02 Å². The fourth-order valence-corrected chi connectivity index (χ4v) is 4.17. The molecule has 1 amide bonds. The van der Waals surface area contributed by atoms with Crippen molar-refractivity contribution in [2.45, 2.75) is 6.92 Å². The van der Waals surface area contributed by atoms with Crippen molar-refractivity contribution < 1.29 is 9.72 Å². The summed E-state index contributed by atoms with van der Waals surface area (Å²) in [6.07, 6.45) is 0. The Kier molecular flexibility index (Phi) is 7.54. The first-order chi connectivity index (χ1) is 13.3. The summed E-state index contributed by atoms with van der Waals surface area (Å²) in [7, 11) is 3.85. The minimum absolute atomic E-state index is 0. The van der Waals surface area contributed by atoms with Gasteiger partial charge in [0, 0.05) is 35.8 Å². The number of rotatable bonds is 6. The average molecular weight is 455 g/mol. The van der Waals surface area contributed by atoms with Crippen LogP contribution in [-0.2, 0) is 0 Å². The van der Waals surface area contributed by atoms with Gasteiger partial charge in [-0.15, -0.1) is 12.4 Å². The summed E-state index contributed by atoms with van der Waals surface area (Å²) in [6.45, 7) is 3.02. The van der Waals surface area contributed by atoms with Crippen LogP contribution < -0.4 is 4.90 Å². The van der Waals surface area contributed by atoms with E-state index in [1.165, 1.54) is 35.6 Å². The Labute approximate surface area is 183 Å². The van der Waals surface area contributed by atoms with Crippen molar-refractivity contribution in [1.29, 1.82) is 0 Å². The molecular weight excluding hydrogens is 435 g/mol. The molecule has 154 valence electrons. The number of halogens is 2. The first-order valence-electron chi connectivity index (χ1n) is 8.54. The van der Waals surface area contributed by atoms with Crippen molar-refractivity contribution in [3.63, 3.8) is 0 Å². The lowest BCUT2D eigenvalue weighted by atomic mass is 10.2. The van der Waals surface area contributed by atoms with Gasteiger partial charge in [0.15, 0.2) is 5.13 Å². The molecule has 0 fully saturated rings. The van der Waals surface area contributed by atoms with Gasteiger partial charge < -0.3 is 4.90 Å². The topological polar surface area (TPSA) is 79.6 Å². The van der Waals surface area contributed by atoms with E-state index in [2.05, 4.69) is 4.98 Å². The molecule has 0 spiro atoms. The van der Waals surface area contributed by atoms with Crippen LogP contribution >= 0.6 is 35.3 Å². The van der Waals surface area contributed by atoms with E-state index >= 15 is 0 Å². The zero-order chi connectivity index (χ0) is 20.4. The summed E-state index contributed by atoms with van der Waals surface area (Å²) >= 11 is 7.55. The van der Waals surface area contributed by atoms with Gasteiger partial charge in [-0.3, -0.25) is 19.8 Å². The summed E-state index contributed by atoms with van der Waals surface area (Å²) in [4.78, 5) is 31.8. The van der Waals surface area contributed by atoms with Crippen LogP contribution in [-0.4, -0.2) is 47.9 Å². The Morgan fingerprint density at radius 3 is 2.45 bits per heavy atom. The number of fused-ring (bicyclic) bond motifs is 1. The molecule has 0 aliphatic heterocycles. The van der Waals surface area contributed by atoms with Crippen LogP contribution in [0.15, 0.2) is 36.4 Å². The largest absolute Gasteiger partial charge is 0.308 e. The van der Waals surface area contributed by atoms with Gasteiger partial charge in [-0.05, 0) is 50.8 Å². The van der Waals surface area contributed by atoms with Gasteiger partial charge in [0.25, 0.3) is 11.6 Å². The number of nitrogens with zero attached hydrogens (tertiary/aromatic N) is 4. The summed E-state index contributed by atoms with van der Waals surface area (Å²) < 4.78 is 0.909. The molecule has 0 aliphatic carbocycles. The van der Waals surface area contributed by atoms with Gasteiger partial charge in [0.05, 0.1) is 15.1 Å². The van der Waals surface area contributed by atoms with E-state index in [0.717, 1.165) is 15.8 Å². The lowest BCUT2D eigenvalue weighted by Gasteiger charge is -2.22. The van der Waals surface area contributed by atoms with Crippen LogP contribution in [0, 0.1) is 17.0 Å². The first kappa shape index (κ1) is 23.0. The third-order valence-electron chi connectivity index (χ3n) is 4.21. The highest BCUT2D eigenvalue weighted by atomic mass is 35.5. The van der Waals surface area contributed by atoms with Crippen molar-refractivity contribution in [3.8, 4) is 0 Å². The van der Waals surface area contributed by atoms with Crippen molar-refractivity contribution in [1.82, 2.24) is 9.88 Å². The van der Waals surface area contributed by atoms with Gasteiger partial charge in [-0.25, -0.2) is 4.98 Å². The molecule has 0 atom stereocenters. The number of thiazole rings is 1. The monoisotopic (exact) mass is 454 g/mol. The maximum Gasteiger partial charge on any atom is 0.269 e. The number of amides is 1. The normalized spacial score (nSPS) is 10.8. The molecule has 3 rings (SSSR count). The number of aromatic nitrogens is 1. The second-order valence-electron chi connectivity index (χ2n) is 6.63. The number of benzene rings is 2. The quantitative estimate of drug-likeness (QED) is 0.394. The highest BCUT2D eigenvalue weighted by Gasteiger charge is 2.22. The number of hydrogen-bond donors (Lipinski definition) is 0. The third kappa shape index (κ3) is 5.22. The van der Waals surface area contributed by atoms with E-state index in [-0.39, 0.29) is 24.0 Å². The van der Waals surface area contributed by atoms with Crippen LogP contribution in [0.4, 0.5) is 10.8 Å². The second kappa shape index (κ2) is 9.49. The average Bonchev–Trinajstić information content (AvgIpc) is 3.05. The summed E-state index contributed by atoms with van der Waals surface area (Å²) in [5.74, 6) is -0.250. The SMILES string of the molecule is Cc1cc(Cl)cc2sc(N(CCN(C)C)C(=O)c3ccc([N+](=O)[O-])cc3)nc12.Cl. The number of carbonyl (C=O) groups excluding carboxylic acids is 1. The first-order valence-corrected chi connectivity index (χ1v) is 9.73. The molecule has 7 nitrogen and oxygen atoms in total. The molecule has 0 bridgehead atoms. The molecule has 0 N–H and O–H groups in total. The molecule has 29 heavy (non-hydrogen) atoms. The molecule has 0 radical (unpaired) electrons. The Hall–Kier alpha value is -2.26. The van der Waals surface area contributed by atoms with E-state index in [4.69, 9.17) is 11.6 Å². The maximum atomic E-state index is 13.1. The van der Waals surface area contributed by atoms with Gasteiger partial charge in [0.1, 0.15) is 0 Å². The molecule has 0 saturated heterocycles. The number of non-ortho nitro benzene ring substituents is 1. The number of carbonyl (C=O) groups is 1. The Bertz CT molecular complexity index is 1040. The van der Waals surface area contributed by atoms with Crippen LogP contribution in [0.5, 0.6) is 0 Å². The minimum atomic E-state index is -0.488. The number of nitro benzene ring substituents is 1. The van der Waals surface area contributed by atoms with E-state index in [9.17, 15) is 14.9 Å². The smallest absolute Gasteiger partial charge is 0.269 e. The molecule has 0 saturated carbocycles. The summed E-state index contributed by atoms with van der Waals surface area (Å²) in [5, 5.41) is 12.1. The summed E-state index contributed by atoms with van der Waals surface area (Å²) in [5.41, 5.74) is 2.08. The highest BCUT2D eigenvalue weighted by molar-refractivity contribution is 7.22. The highest BCUT2D eigenvalue weighted by Crippen LogP contribution is 2.33. The molecule has 2 aromatic carbocycles. The molecule has 1 aromatic heterocycles. The molecule has 10 heteroatoms. The molecule has 3 aromatic rings. The lowest BCUT2D eigenvalue weighted by Crippen LogP contribution is -2.36. The number of aryl methyl sites for hydroxylation is 1. The molecular formula is C19H20Cl2N4O3S. The van der Waals surface area contributed by atoms with E-state index in [1.54, 1.807) is 4.90 Å². The van der Waals surface area contributed by atoms with Crippen LogP contribution in [0.3, 0.4) is 0 Å².